The molecule has 2 heterocycles. The smallest absolute Gasteiger partial charge is 0.234 e. The number of ether oxygens (including phenoxy) is 2. The highest BCUT2D eigenvalue weighted by atomic mass is 16.5. The summed E-state index contributed by atoms with van der Waals surface area (Å²) in [7, 11) is 0. The number of nitrogens with zero attached hydrogens (tertiary/aromatic N) is 1. The van der Waals surface area contributed by atoms with Crippen molar-refractivity contribution in [3.8, 4) is 0 Å². The number of carbonyl (C=O) groups is 1. The first-order valence-corrected chi connectivity index (χ1v) is 10.5. The Bertz CT molecular complexity index is 613. The van der Waals surface area contributed by atoms with E-state index in [-0.39, 0.29) is 18.1 Å². The third-order valence-corrected chi connectivity index (χ3v) is 5.56. The molecule has 0 saturated carbocycles. The maximum absolute atomic E-state index is 11.8. The van der Waals surface area contributed by atoms with E-state index < -0.39 is 0 Å². The summed E-state index contributed by atoms with van der Waals surface area (Å²) in [6.45, 7) is 4.02. The Balaban J connectivity index is 1.59. The Morgan fingerprint density at radius 3 is 2.89 bits per heavy atom. The van der Waals surface area contributed by atoms with Crippen LogP contribution < -0.4 is 16.4 Å². The Labute approximate surface area is 167 Å². The van der Waals surface area contributed by atoms with Gasteiger partial charge < -0.3 is 20.5 Å². The number of rotatable bonds is 1. The molecule has 4 N–H and O–H groups in total. The zero-order chi connectivity index (χ0) is 19.6. The number of hydrogen-bond donors (Lipinski definition) is 3. The highest BCUT2D eigenvalue weighted by Crippen LogP contribution is 2.21. The van der Waals surface area contributed by atoms with Gasteiger partial charge in [-0.2, -0.15) is 0 Å². The number of amides is 1. The fraction of sp³-hybridized carbons (Fsp3) is 0.667. The molecule has 2 aliphatic rings. The average molecular weight is 391 g/mol. The number of hydrogen-bond acceptors (Lipinski definition) is 6. The molecular weight excluding hydrogens is 356 g/mol. The summed E-state index contributed by atoms with van der Waals surface area (Å²) < 4.78 is 11.7. The van der Waals surface area contributed by atoms with Crippen molar-refractivity contribution < 1.29 is 14.3 Å². The lowest BCUT2D eigenvalue weighted by Crippen LogP contribution is -2.43. The minimum atomic E-state index is -0.275. The van der Waals surface area contributed by atoms with Crippen LogP contribution in [0.15, 0.2) is 24.3 Å². The third-order valence-electron chi connectivity index (χ3n) is 5.56. The summed E-state index contributed by atoms with van der Waals surface area (Å²) in [5, 5.41) is 6.70. The molecule has 7 heteroatoms. The van der Waals surface area contributed by atoms with Crippen molar-refractivity contribution in [3.05, 3.63) is 29.8 Å². The monoisotopic (exact) mass is 390 g/mol. The lowest BCUT2D eigenvalue weighted by Gasteiger charge is -2.21. The average Bonchev–Trinajstić information content (AvgIpc) is 3.10. The molecule has 2 bridgehead atoms. The molecule has 0 aliphatic carbocycles. The number of para-hydroxylation sites is 1. The van der Waals surface area contributed by atoms with Crippen molar-refractivity contribution in [2.45, 2.75) is 50.7 Å². The summed E-state index contributed by atoms with van der Waals surface area (Å²) in [6.07, 6.45) is 6.39. The molecule has 1 saturated heterocycles. The summed E-state index contributed by atoms with van der Waals surface area (Å²) in [4.78, 5) is 13.9. The van der Waals surface area contributed by atoms with Crippen LogP contribution in [0.1, 0.15) is 37.7 Å². The SMILES string of the molecule is NC(=O)C1CC2CN1CCNCOCCCCCCc1ccccc1NCO2. The standard InChI is InChI=1S/C21H34N4O3/c22-21(26)20-13-18-14-25(20)11-10-23-15-27-12-6-2-1-3-7-17-8-4-5-9-19(17)24-16-28-18/h4-5,8-9,18,20,23-24H,1-3,6-7,10-16H2,(H2,22,26). The van der Waals surface area contributed by atoms with Gasteiger partial charge in [-0.05, 0) is 37.3 Å². The Kier molecular flexibility index (Phi) is 8.54. The summed E-state index contributed by atoms with van der Waals surface area (Å²) >= 11 is 0. The van der Waals surface area contributed by atoms with Gasteiger partial charge in [0.15, 0.2) is 0 Å². The molecule has 1 aromatic carbocycles. The zero-order valence-corrected chi connectivity index (χ0v) is 16.7. The largest absolute Gasteiger partial charge is 0.368 e. The number of fused-ring (bicyclic) bond motifs is 3. The van der Waals surface area contributed by atoms with Crippen molar-refractivity contribution in [1.82, 2.24) is 10.2 Å². The minimum Gasteiger partial charge on any atom is -0.368 e. The first-order chi connectivity index (χ1) is 13.7. The van der Waals surface area contributed by atoms with Crippen LogP contribution in [-0.2, 0) is 20.7 Å². The maximum atomic E-state index is 11.8. The molecule has 7 nitrogen and oxygen atoms in total. The first-order valence-electron chi connectivity index (χ1n) is 10.5. The van der Waals surface area contributed by atoms with E-state index in [9.17, 15) is 4.79 Å². The second-order valence-electron chi connectivity index (χ2n) is 7.63. The zero-order valence-electron chi connectivity index (χ0n) is 16.7. The van der Waals surface area contributed by atoms with E-state index in [0.717, 1.165) is 44.8 Å². The Hall–Kier alpha value is -1.67. The van der Waals surface area contributed by atoms with Gasteiger partial charge in [0.2, 0.25) is 5.91 Å². The molecule has 1 aromatic rings. The summed E-state index contributed by atoms with van der Waals surface area (Å²) in [5.74, 6) is -0.275. The lowest BCUT2D eigenvalue weighted by molar-refractivity contribution is -0.122. The van der Waals surface area contributed by atoms with Gasteiger partial charge in [0.1, 0.15) is 6.73 Å². The van der Waals surface area contributed by atoms with E-state index in [4.69, 9.17) is 15.2 Å². The van der Waals surface area contributed by atoms with E-state index in [1.165, 1.54) is 24.8 Å². The highest BCUT2D eigenvalue weighted by Gasteiger charge is 2.35. The molecule has 28 heavy (non-hydrogen) atoms. The van der Waals surface area contributed by atoms with E-state index in [0.29, 0.717) is 19.9 Å². The molecule has 0 aromatic heterocycles. The fourth-order valence-corrected chi connectivity index (χ4v) is 3.99. The number of anilines is 1. The summed E-state index contributed by atoms with van der Waals surface area (Å²) in [6, 6.07) is 8.16. The van der Waals surface area contributed by atoms with E-state index >= 15 is 0 Å². The summed E-state index contributed by atoms with van der Waals surface area (Å²) in [5.41, 5.74) is 8.06. The predicted octanol–water partition coefficient (Wildman–Crippen LogP) is 1.68. The van der Waals surface area contributed by atoms with Crippen LogP contribution in [0.3, 0.4) is 0 Å². The van der Waals surface area contributed by atoms with Gasteiger partial charge >= 0.3 is 0 Å². The quantitative estimate of drug-likeness (QED) is 0.676. The van der Waals surface area contributed by atoms with Crippen LogP contribution in [0.2, 0.25) is 0 Å². The Morgan fingerprint density at radius 2 is 2.00 bits per heavy atom. The van der Waals surface area contributed by atoms with Gasteiger partial charge in [-0.25, -0.2) is 0 Å². The molecule has 3 atom stereocenters. The second-order valence-corrected chi connectivity index (χ2v) is 7.63. The number of nitrogens with one attached hydrogen (secondary N) is 2. The second kappa shape index (κ2) is 11.4. The fourth-order valence-electron chi connectivity index (χ4n) is 3.99. The number of carbonyl (C=O) groups excluding carboxylic acids is 1. The van der Waals surface area contributed by atoms with Crippen LogP contribution in [0.5, 0.6) is 0 Å². The van der Waals surface area contributed by atoms with Crippen LogP contribution in [-0.4, -0.2) is 62.7 Å². The number of aryl methyl sites for hydroxylation is 1. The molecule has 0 spiro atoms. The van der Waals surface area contributed by atoms with Crippen molar-refractivity contribution in [2.75, 3.05) is 45.0 Å². The van der Waals surface area contributed by atoms with Gasteiger partial charge in [0.25, 0.3) is 0 Å². The molecule has 0 radical (unpaired) electrons. The molecule has 1 amide bonds. The van der Waals surface area contributed by atoms with Gasteiger partial charge in [0, 0.05) is 31.9 Å². The lowest BCUT2D eigenvalue weighted by atomic mass is 10.0. The van der Waals surface area contributed by atoms with E-state index in [1.54, 1.807) is 0 Å². The maximum Gasteiger partial charge on any atom is 0.234 e. The van der Waals surface area contributed by atoms with Crippen LogP contribution in [0.4, 0.5) is 5.69 Å². The highest BCUT2D eigenvalue weighted by molar-refractivity contribution is 5.80. The minimum absolute atomic E-state index is 0.00972. The predicted molar refractivity (Wildman–Crippen MR) is 110 cm³/mol. The third kappa shape index (κ3) is 6.44. The van der Waals surface area contributed by atoms with Crippen LogP contribution in [0, 0.1) is 0 Å². The molecule has 2 aliphatic heterocycles. The van der Waals surface area contributed by atoms with Crippen molar-refractivity contribution in [2.24, 2.45) is 5.73 Å². The van der Waals surface area contributed by atoms with Gasteiger partial charge in [0.05, 0.1) is 18.9 Å². The van der Waals surface area contributed by atoms with Crippen LogP contribution in [0.25, 0.3) is 0 Å². The van der Waals surface area contributed by atoms with Crippen molar-refractivity contribution in [3.63, 3.8) is 0 Å². The Morgan fingerprint density at radius 1 is 1.14 bits per heavy atom. The molecular formula is C21H34N4O3. The number of nitrogens with two attached hydrogens (primary N) is 1. The van der Waals surface area contributed by atoms with E-state index in [2.05, 4.69) is 33.7 Å². The number of primary amides is 1. The van der Waals surface area contributed by atoms with Crippen LogP contribution >= 0.6 is 0 Å². The van der Waals surface area contributed by atoms with E-state index in [1.807, 2.05) is 6.07 Å². The normalized spacial score (nSPS) is 28.2. The molecule has 3 unspecified atom stereocenters. The molecule has 1 fully saturated rings. The molecule has 156 valence electrons. The molecule has 3 rings (SSSR count). The van der Waals surface area contributed by atoms with Crippen molar-refractivity contribution in [1.29, 1.82) is 0 Å². The number of benzene rings is 1. The van der Waals surface area contributed by atoms with Crippen molar-refractivity contribution >= 4 is 11.6 Å². The first kappa shape index (κ1) is 21.0. The topological polar surface area (TPSA) is 88.9 Å². The van der Waals surface area contributed by atoms with Gasteiger partial charge in [-0.1, -0.05) is 31.0 Å². The van der Waals surface area contributed by atoms with Gasteiger partial charge in [-0.15, -0.1) is 0 Å². The van der Waals surface area contributed by atoms with Gasteiger partial charge in [-0.3, -0.25) is 15.0 Å².